The molecule has 2 aromatic carbocycles. The minimum atomic E-state index is -0.474. The third kappa shape index (κ3) is 3.79. The molecule has 0 aromatic heterocycles. The zero-order chi connectivity index (χ0) is 16.8. The first-order chi connectivity index (χ1) is 11.1. The lowest BCUT2D eigenvalue weighted by atomic mass is 10.2. The number of ether oxygens (including phenoxy) is 4. The number of hydrogen-bond donors (Lipinski definition) is 0. The van der Waals surface area contributed by atoms with Crippen molar-refractivity contribution >= 4 is 11.9 Å². The van der Waals surface area contributed by atoms with Crippen molar-refractivity contribution in [1.29, 1.82) is 0 Å². The van der Waals surface area contributed by atoms with Gasteiger partial charge in [-0.1, -0.05) is 0 Å². The average Bonchev–Trinajstić information content (AvgIpc) is 2.60. The SMILES string of the molecule is COC(=O)c1ccc(Oc2cc(C(=O)OC)ccc2OC)cc1. The van der Waals surface area contributed by atoms with Crippen molar-refractivity contribution in [2.45, 2.75) is 0 Å². The number of rotatable bonds is 5. The monoisotopic (exact) mass is 316 g/mol. The second-order valence-corrected chi connectivity index (χ2v) is 4.48. The molecule has 0 saturated heterocycles. The summed E-state index contributed by atoms with van der Waals surface area (Å²) in [5, 5.41) is 0. The summed E-state index contributed by atoms with van der Waals surface area (Å²) in [6.07, 6.45) is 0. The zero-order valence-electron chi connectivity index (χ0n) is 13.0. The van der Waals surface area contributed by atoms with Crippen molar-refractivity contribution in [3.8, 4) is 17.2 Å². The lowest BCUT2D eigenvalue weighted by molar-refractivity contribution is 0.0591. The van der Waals surface area contributed by atoms with Crippen LogP contribution in [0.2, 0.25) is 0 Å². The Morgan fingerprint density at radius 3 is 1.87 bits per heavy atom. The molecule has 0 spiro atoms. The van der Waals surface area contributed by atoms with Crippen LogP contribution in [0.15, 0.2) is 42.5 Å². The van der Waals surface area contributed by atoms with Crippen LogP contribution in [0.25, 0.3) is 0 Å². The predicted octanol–water partition coefficient (Wildman–Crippen LogP) is 3.06. The quantitative estimate of drug-likeness (QED) is 0.790. The Morgan fingerprint density at radius 2 is 1.30 bits per heavy atom. The number of esters is 2. The molecule has 120 valence electrons. The number of benzene rings is 2. The number of carbonyl (C=O) groups excluding carboxylic acids is 2. The molecule has 0 saturated carbocycles. The first kappa shape index (κ1) is 16.4. The third-order valence-corrected chi connectivity index (χ3v) is 3.09. The van der Waals surface area contributed by atoms with E-state index in [-0.39, 0.29) is 0 Å². The molecule has 0 fully saturated rings. The maximum absolute atomic E-state index is 11.6. The Labute approximate surface area is 133 Å². The van der Waals surface area contributed by atoms with Gasteiger partial charge in [-0.25, -0.2) is 9.59 Å². The summed E-state index contributed by atoms with van der Waals surface area (Å²) in [4.78, 5) is 23.0. The van der Waals surface area contributed by atoms with Crippen LogP contribution in [0.5, 0.6) is 17.2 Å². The van der Waals surface area contributed by atoms with E-state index in [0.29, 0.717) is 28.4 Å². The number of hydrogen-bond acceptors (Lipinski definition) is 6. The minimum absolute atomic E-state index is 0.342. The Balaban J connectivity index is 2.27. The van der Waals surface area contributed by atoms with Crippen molar-refractivity contribution in [2.75, 3.05) is 21.3 Å². The lowest BCUT2D eigenvalue weighted by Gasteiger charge is -2.11. The van der Waals surface area contributed by atoms with E-state index in [1.807, 2.05) is 0 Å². The van der Waals surface area contributed by atoms with Crippen LogP contribution in [0, 0.1) is 0 Å². The molecule has 0 atom stereocenters. The Hall–Kier alpha value is -3.02. The topological polar surface area (TPSA) is 71.1 Å². The van der Waals surface area contributed by atoms with Gasteiger partial charge in [-0.3, -0.25) is 0 Å². The van der Waals surface area contributed by atoms with Gasteiger partial charge >= 0.3 is 11.9 Å². The average molecular weight is 316 g/mol. The summed E-state index contributed by atoms with van der Waals surface area (Å²) in [5.74, 6) is 0.411. The van der Waals surface area contributed by atoms with Gasteiger partial charge in [0.15, 0.2) is 11.5 Å². The van der Waals surface area contributed by atoms with E-state index in [1.54, 1.807) is 36.4 Å². The minimum Gasteiger partial charge on any atom is -0.493 e. The van der Waals surface area contributed by atoms with Crippen molar-refractivity contribution < 1.29 is 28.5 Å². The maximum Gasteiger partial charge on any atom is 0.337 e. The fourth-order valence-electron chi connectivity index (χ4n) is 1.91. The zero-order valence-corrected chi connectivity index (χ0v) is 13.0. The van der Waals surface area contributed by atoms with E-state index in [9.17, 15) is 9.59 Å². The van der Waals surface area contributed by atoms with Gasteiger partial charge in [-0.05, 0) is 42.5 Å². The van der Waals surface area contributed by atoms with Gasteiger partial charge in [0.1, 0.15) is 5.75 Å². The Bertz CT molecular complexity index is 706. The van der Waals surface area contributed by atoms with E-state index in [1.165, 1.54) is 27.4 Å². The van der Waals surface area contributed by atoms with Gasteiger partial charge in [0.05, 0.1) is 32.5 Å². The van der Waals surface area contributed by atoms with Crippen LogP contribution >= 0.6 is 0 Å². The fourth-order valence-corrected chi connectivity index (χ4v) is 1.91. The number of methoxy groups -OCH3 is 3. The summed E-state index contributed by atoms with van der Waals surface area (Å²) < 4.78 is 20.3. The first-order valence-corrected chi connectivity index (χ1v) is 6.71. The highest BCUT2D eigenvalue weighted by molar-refractivity contribution is 5.90. The van der Waals surface area contributed by atoms with Crippen molar-refractivity contribution in [3.63, 3.8) is 0 Å². The van der Waals surface area contributed by atoms with Crippen LogP contribution in [-0.2, 0) is 9.47 Å². The first-order valence-electron chi connectivity index (χ1n) is 6.71. The molecule has 0 amide bonds. The predicted molar refractivity (Wildman–Crippen MR) is 82.2 cm³/mol. The fraction of sp³-hybridized carbons (Fsp3) is 0.176. The van der Waals surface area contributed by atoms with Crippen molar-refractivity contribution in [1.82, 2.24) is 0 Å². The highest BCUT2D eigenvalue weighted by atomic mass is 16.5. The summed E-state index contributed by atoms with van der Waals surface area (Å²) in [7, 11) is 4.12. The molecule has 2 aromatic rings. The van der Waals surface area contributed by atoms with Gasteiger partial charge in [-0.15, -0.1) is 0 Å². The van der Waals surface area contributed by atoms with E-state index in [0.717, 1.165) is 0 Å². The van der Waals surface area contributed by atoms with Gasteiger partial charge in [0.25, 0.3) is 0 Å². The molecule has 0 bridgehead atoms. The van der Waals surface area contributed by atoms with Crippen LogP contribution in [0.4, 0.5) is 0 Å². The summed E-state index contributed by atoms with van der Waals surface area (Å²) in [5.41, 5.74) is 0.754. The molecule has 0 heterocycles. The summed E-state index contributed by atoms with van der Waals surface area (Å²) in [6, 6.07) is 11.1. The maximum atomic E-state index is 11.6. The van der Waals surface area contributed by atoms with Crippen molar-refractivity contribution in [3.05, 3.63) is 53.6 Å². The van der Waals surface area contributed by atoms with E-state index in [4.69, 9.17) is 9.47 Å². The van der Waals surface area contributed by atoms with Crippen LogP contribution in [0.1, 0.15) is 20.7 Å². The highest BCUT2D eigenvalue weighted by Gasteiger charge is 2.13. The molecule has 6 heteroatoms. The second-order valence-electron chi connectivity index (χ2n) is 4.48. The van der Waals surface area contributed by atoms with Crippen LogP contribution in [-0.4, -0.2) is 33.3 Å². The van der Waals surface area contributed by atoms with E-state index >= 15 is 0 Å². The van der Waals surface area contributed by atoms with Crippen molar-refractivity contribution in [2.24, 2.45) is 0 Å². The molecule has 0 aliphatic rings. The molecule has 2 rings (SSSR count). The molecular formula is C17H16O6. The summed E-state index contributed by atoms with van der Waals surface area (Å²) in [6.45, 7) is 0. The van der Waals surface area contributed by atoms with Gasteiger partial charge < -0.3 is 18.9 Å². The highest BCUT2D eigenvalue weighted by Crippen LogP contribution is 2.32. The molecule has 0 aliphatic carbocycles. The molecule has 0 unspecified atom stereocenters. The van der Waals surface area contributed by atoms with Gasteiger partial charge in [-0.2, -0.15) is 0 Å². The molecule has 0 N–H and O–H groups in total. The summed E-state index contributed by atoms with van der Waals surface area (Å²) >= 11 is 0. The molecule has 6 nitrogen and oxygen atoms in total. The van der Waals surface area contributed by atoms with E-state index < -0.39 is 11.9 Å². The molecule has 23 heavy (non-hydrogen) atoms. The molecule has 0 radical (unpaired) electrons. The second kappa shape index (κ2) is 7.31. The molecule has 0 aliphatic heterocycles. The van der Waals surface area contributed by atoms with Crippen LogP contribution in [0.3, 0.4) is 0 Å². The molecular weight excluding hydrogens is 300 g/mol. The normalized spacial score (nSPS) is 9.87. The van der Waals surface area contributed by atoms with Crippen LogP contribution < -0.4 is 9.47 Å². The smallest absolute Gasteiger partial charge is 0.337 e. The standard InChI is InChI=1S/C17H16O6/c1-20-14-9-6-12(17(19)22-3)10-15(14)23-13-7-4-11(5-8-13)16(18)21-2/h4-10H,1-3H3. The lowest BCUT2D eigenvalue weighted by Crippen LogP contribution is -2.02. The largest absolute Gasteiger partial charge is 0.493 e. The van der Waals surface area contributed by atoms with Gasteiger partial charge in [0, 0.05) is 0 Å². The van der Waals surface area contributed by atoms with Gasteiger partial charge in [0.2, 0.25) is 0 Å². The number of carbonyl (C=O) groups is 2. The Kier molecular flexibility index (Phi) is 5.19. The Morgan fingerprint density at radius 1 is 0.739 bits per heavy atom. The van der Waals surface area contributed by atoms with E-state index in [2.05, 4.69) is 9.47 Å². The third-order valence-electron chi connectivity index (χ3n) is 3.09.